The van der Waals surface area contributed by atoms with Crippen LogP contribution >= 0.6 is 0 Å². The first-order chi connectivity index (χ1) is 11.4. The molecule has 1 saturated carbocycles. The first kappa shape index (κ1) is 15.5. The number of likely N-dealkylation sites (tertiary alicyclic amines) is 1. The highest BCUT2D eigenvalue weighted by Crippen LogP contribution is 2.59. The van der Waals surface area contributed by atoms with E-state index in [0.29, 0.717) is 19.7 Å². The van der Waals surface area contributed by atoms with E-state index in [1.807, 2.05) is 17.9 Å². The number of hydrogen-bond donors (Lipinski definition) is 1. The predicted molar refractivity (Wildman–Crippen MR) is 88.1 cm³/mol. The first-order valence-electron chi connectivity index (χ1n) is 8.67. The minimum atomic E-state index is -0.682. The van der Waals surface area contributed by atoms with Gasteiger partial charge in [0.15, 0.2) is 0 Å². The third kappa shape index (κ3) is 2.29. The highest BCUT2D eigenvalue weighted by atomic mass is 16.5. The number of amides is 1. The fourth-order valence-electron chi connectivity index (χ4n) is 4.32. The molecule has 1 spiro atoms. The normalized spacial score (nSPS) is 26.8. The van der Waals surface area contributed by atoms with Crippen molar-refractivity contribution in [3.8, 4) is 5.75 Å². The molecule has 2 atom stereocenters. The molecule has 24 heavy (non-hydrogen) atoms. The average Bonchev–Trinajstić information content (AvgIpc) is 3.11. The van der Waals surface area contributed by atoms with Crippen molar-refractivity contribution in [2.24, 2.45) is 11.3 Å². The molecular formula is C19H23NO4. The summed E-state index contributed by atoms with van der Waals surface area (Å²) in [4.78, 5) is 26.0. The number of benzene rings is 1. The number of nitrogens with zero attached hydrogens (tertiary/aromatic N) is 1. The number of carbonyl (C=O) groups excluding carboxylic acids is 1. The van der Waals surface area contributed by atoms with Crippen molar-refractivity contribution in [1.29, 1.82) is 0 Å². The molecule has 1 aliphatic carbocycles. The number of aliphatic carboxylic acids is 1. The smallest absolute Gasteiger partial charge is 0.307 e. The van der Waals surface area contributed by atoms with Gasteiger partial charge < -0.3 is 14.7 Å². The number of rotatable bonds is 2. The summed E-state index contributed by atoms with van der Waals surface area (Å²) in [6, 6.07) is 4.10. The monoisotopic (exact) mass is 329 g/mol. The topological polar surface area (TPSA) is 66.8 Å². The lowest BCUT2D eigenvalue weighted by Gasteiger charge is -2.34. The molecule has 1 aromatic carbocycles. The van der Waals surface area contributed by atoms with Crippen molar-refractivity contribution >= 4 is 11.9 Å². The lowest BCUT2D eigenvalue weighted by molar-refractivity contribution is -0.140. The Labute approximate surface area is 141 Å². The van der Waals surface area contributed by atoms with Gasteiger partial charge in [-0.2, -0.15) is 0 Å². The van der Waals surface area contributed by atoms with E-state index in [4.69, 9.17) is 4.74 Å². The fraction of sp³-hybridized carbons (Fsp3) is 0.579. The predicted octanol–water partition coefficient (Wildman–Crippen LogP) is 2.49. The Hall–Kier alpha value is -2.04. The van der Waals surface area contributed by atoms with E-state index in [1.165, 1.54) is 11.1 Å². The van der Waals surface area contributed by atoms with Gasteiger partial charge in [0, 0.05) is 18.7 Å². The molecule has 2 aliphatic heterocycles. The molecular weight excluding hydrogens is 306 g/mol. The molecule has 0 bridgehead atoms. The number of piperidine rings is 1. The van der Waals surface area contributed by atoms with Gasteiger partial charge in [0.1, 0.15) is 18.3 Å². The summed E-state index contributed by atoms with van der Waals surface area (Å²) in [7, 11) is 0. The van der Waals surface area contributed by atoms with E-state index in [1.54, 1.807) is 0 Å². The maximum Gasteiger partial charge on any atom is 0.307 e. The minimum Gasteiger partial charge on any atom is -0.492 e. The highest BCUT2D eigenvalue weighted by molar-refractivity contribution is 5.86. The van der Waals surface area contributed by atoms with Crippen LogP contribution in [0.3, 0.4) is 0 Å². The van der Waals surface area contributed by atoms with Gasteiger partial charge in [-0.1, -0.05) is 6.07 Å². The van der Waals surface area contributed by atoms with Crippen LogP contribution in [0.1, 0.15) is 41.9 Å². The largest absolute Gasteiger partial charge is 0.492 e. The lowest BCUT2D eigenvalue weighted by Crippen LogP contribution is -2.42. The van der Waals surface area contributed by atoms with Crippen molar-refractivity contribution in [3.05, 3.63) is 28.8 Å². The second kappa shape index (κ2) is 5.23. The van der Waals surface area contributed by atoms with Crippen LogP contribution in [0.4, 0.5) is 0 Å². The summed E-state index contributed by atoms with van der Waals surface area (Å²) >= 11 is 0. The Balaban J connectivity index is 1.46. The zero-order valence-corrected chi connectivity index (χ0v) is 14.2. The van der Waals surface area contributed by atoms with Crippen LogP contribution in [0, 0.1) is 25.2 Å². The number of fused-ring (bicyclic) bond motifs is 1. The maximum absolute atomic E-state index is 12.9. The molecule has 5 nitrogen and oxygen atoms in total. The Morgan fingerprint density at radius 3 is 2.50 bits per heavy atom. The Morgan fingerprint density at radius 2 is 1.88 bits per heavy atom. The zero-order valence-electron chi connectivity index (χ0n) is 14.2. The fourth-order valence-corrected chi connectivity index (χ4v) is 4.32. The molecule has 1 N–H and O–H groups in total. The molecule has 2 heterocycles. The minimum absolute atomic E-state index is 0.0413. The molecule has 2 unspecified atom stereocenters. The van der Waals surface area contributed by atoms with Crippen LogP contribution in [-0.4, -0.2) is 41.6 Å². The van der Waals surface area contributed by atoms with E-state index >= 15 is 0 Å². The molecule has 0 radical (unpaired) electrons. The quantitative estimate of drug-likeness (QED) is 0.905. The average molecular weight is 329 g/mol. The molecule has 4 rings (SSSR count). The summed E-state index contributed by atoms with van der Waals surface area (Å²) < 4.78 is 5.74. The standard InChI is InChI=1S/C19H23NO4/c1-11-7-13-14(10-24-16(13)8-12(11)2)17(21)20-5-3-19(4-6-20)9-15(19)18(22)23/h7-8,14-15H,3-6,9-10H2,1-2H3,(H,22,23). The van der Waals surface area contributed by atoms with Crippen LogP contribution in [-0.2, 0) is 9.59 Å². The Morgan fingerprint density at radius 1 is 1.21 bits per heavy atom. The van der Waals surface area contributed by atoms with Gasteiger partial charge in [-0.25, -0.2) is 0 Å². The third-order valence-electron chi connectivity index (χ3n) is 6.26. The van der Waals surface area contributed by atoms with Gasteiger partial charge in [-0.15, -0.1) is 0 Å². The number of ether oxygens (including phenoxy) is 1. The second-order valence-corrected chi connectivity index (χ2v) is 7.62. The number of aryl methyl sites for hydroxylation is 2. The summed E-state index contributed by atoms with van der Waals surface area (Å²) in [6.07, 6.45) is 2.39. The molecule has 5 heteroatoms. The van der Waals surface area contributed by atoms with E-state index in [-0.39, 0.29) is 23.2 Å². The number of hydrogen-bond acceptors (Lipinski definition) is 3. The van der Waals surface area contributed by atoms with Crippen molar-refractivity contribution in [2.45, 2.75) is 39.0 Å². The van der Waals surface area contributed by atoms with Crippen LogP contribution in [0.5, 0.6) is 5.75 Å². The lowest BCUT2D eigenvalue weighted by atomic mass is 9.89. The van der Waals surface area contributed by atoms with Gasteiger partial charge >= 0.3 is 5.97 Å². The van der Waals surface area contributed by atoms with Crippen molar-refractivity contribution < 1.29 is 19.4 Å². The van der Waals surface area contributed by atoms with Crippen LogP contribution < -0.4 is 4.74 Å². The van der Waals surface area contributed by atoms with Crippen molar-refractivity contribution in [3.63, 3.8) is 0 Å². The number of carbonyl (C=O) groups is 2. The molecule has 2 fully saturated rings. The summed E-state index contributed by atoms with van der Waals surface area (Å²) in [5, 5.41) is 9.18. The summed E-state index contributed by atoms with van der Waals surface area (Å²) in [5.41, 5.74) is 3.31. The Bertz CT molecular complexity index is 718. The third-order valence-corrected chi connectivity index (χ3v) is 6.26. The van der Waals surface area contributed by atoms with E-state index in [0.717, 1.165) is 30.6 Å². The van der Waals surface area contributed by atoms with E-state index < -0.39 is 5.97 Å². The SMILES string of the molecule is Cc1cc2c(cc1C)C(C(=O)N1CCC3(CC1)CC3C(=O)O)CO2. The van der Waals surface area contributed by atoms with Gasteiger partial charge in [-0.05, 0) is 55.7 Å². The van der Waals surface area contributed by atoms with Crippen molar-refractivity contribution in [1.82, 2.24) is 4.90 Å². The first-order valence-corrected chi connectivity index (χ1v) is 8.67. The van der Waals surface area contributed by atoms with Crippen LogP contribution in [0.2, 0.25) is 0 Å². The highest BCUT2D eigenvalue weighted by Gasteiger charge is 2.59. The molecule has 3 aliphatic rings. The molecule has 1 aromatic rings. The number of carboxylic acid groups (broad SMARTS) is 1. The van der Waals surface area contributed by atoms with Gasteiger partial charge in [-0.3, -0.25) is 9.59 Å². The van der Waals surface area contributed by atoms with E-state index in [9.17, 15) is 14.7 Å². The van der Waals surface area contributed by atoms with Crippen molar-refractivity contribution in [2.75, 3.05) is 19.7 Å². The molecule has 0 aromatic heterocycles. The van der Waals surface area contributed by atoms with Crippen LogP contribution in [0.25, 0.3) is 0 Å². The van der Waals surface area contributed by atoms with Crippen LogP contribution in [0.15, 0.2) is 12.1 Å². The summed E-state index contributed by atoms with van der Waals surface area (Å²) in [6.45, 7) is 5.85. The molecule has 1 saturated heterocycles. The summed E-state index contributed by atoms with van der Waals surface area (Å²) in [5.74, 6) is -0.144. The molecule has 1 amide bonds. The molecule has 128 valence electrons. The van der Waals surface area contributed by atoms with E-state index in [2.05, 4.69) is 13.0 Å². The van der Waals surface area contributed by atoms with Gasteiger partial charge in [0.05, 0.1) is 5.92 Å². The second-order valence-electron chi connectivity index (χ2n) is 7.62. The van der Waals surface area contributed by atoms with Gasteiger partial charge in [0.25, 0.3) is 0 Å². The Kier molecular flexibility index (Phi) is 3.37. The number of carboxylic acids is 1. The van der Waals surface area contributed by atoms with Gasteiger partial charge in [0.2, 0.25) is 5.91 Å². The zero-order chi connectivity index (χ0) is 17.1. The maximum atomic E-state index is 12.9.